The number of rotatable bonds is 6. The molecule has 3 rings (SSSR count). The van der Waals surface area contributed by atoms with E-state index in [-0.39, 0.29) is 10.5 Å². The predicted octanol–water partition coefficient (Wildman–Crippen LogP) is 5.13. The van der Waals surface area contributed by atoms with Gasteiger partial charge in [-0.3, -0.25) is 9.52 Å². The monoisotopic (exact) mass is 488 g/mol. The topological polar surface area (TPSA) is 84.5 Å². The van der Waals surface area contributed by atoms with Crippen LogP contribution in [-0.4, -0.2) is 21.4 Å². The maximum absolute atomic E-state index is 12.9. The minimum absolute atomic E-state index is 0.0141. The number of hydrogen-bond acceptors (Lipinski definition) is 4. The number of amides is 1. The quantitative estimate of drug-likeness (QED) is 0.503. The second-order valence-electron chi connectivity index (χ2n) is 6.77. The van der Waals surface area contributed by atoms with E-state index in [0.29, 0.717) is 21.6 Å². The molecule has 0 unspecified atom stereocenters. The summed E-state index contributed by atoms with van der Waals surface area (Å²) in [5, 5.41) is 2.78. The van der Waals surface area contributed by atoms with Gasteiger partial charge in [-0.05, 0) is 83.4 Å². The number of hydrogen-bond donors (Lipinski definition) is 2. The first-order chi connectivity index (χ1) is 14.2. The van der Waals surface area contributed by atoms with Crippen LogP contribution in [0.2, 0.25) is 0 Å². The first kappa shape index (κ1) is 21.9. The molecule has 0 spiro atoms. The van der Waals surface area contributed by atoms with Crippen LogP contribution in [0.15, 0.2) is 70.0 Å². The van der Waals surface area contributed by atoms with Crippen LogP contribution in [0.4, 0.5) is 11.4 Å². The number of carbonyl (C=O) groups excluding carboxylic acids is 1. The van der Waals surface area contributed by atoms with Crippen LogP contribution in [0.1, 0.15) is 21.5 Å². The molecule has 0 heterocycles. The molecule has 0 fully saturated rings. The van der Waals surface area contributed by atoms with Crippen LogP contribution in [0.5, 0.6) is 5.75 Å². The Hall–Kier alpha value is -2.84. The van der Waals surface area contributed by atoms with Crippen molar-refractivity contribution in [2.75, 3.05) is 17.1 Å². The van der Waals surface area contributed by atoms with Crippen LogP contribution in [0, 0.1) is 13.8 Å². The molecular formula is C22H21BrN2O4S. The van der Waals surface area contributed by atoms with Gasteiger partial charge in [0.15, 0.2) is 0 Å². The molecule has 0 bridgehead atoms. The summed E-state index contributed by atoms with van der Waals surface area (Å²) in [7, 11) is -2.37. The molecule has 2 N–H and O–H groups in total. The van der Waals surface area contributed by atoms with Crippen molar-refractivity contribution in [2.24, 2.45) is 0 Å². The molecule has 0 atom stereocenters. The Balaban J connectivity index is 1.87. The lowest BCUT2D eigenvalue weighted by Gasteiger charge is -2.13. The average Bonchev–Trinajstić information content (AvgIpc) is 2.71. The van der Waals surface area contributed by atoms with Gasteiger partial charge in [0.1, 0.15) is 5.75 Å². The van der Waals surface area contributed by atoms with Crippen molar-refractivity contribution in [1.29, 1.82) is 0 Å². The molecule has 0 aliphatic rings. The number of sulfonamides is 1. The summed E-state index contributed by atoms with van der Waals surface area (Å²) in [6, 6.07) is 16.6. The van der Waals surface area contributed by atoms with Gasteiger partial charge in [-0.2, -0.15) is 0 Å². The predicted molar refractivity (Wildman–Crippen MR) is 122 cm³/mol. The van der Waals surface area contributed by atoms with Gasteiger partial charge in [-0.1, -0.05) is 18.2 Å². The summed E-state index contributed by atoms with van der Waals surface area (Å²) < 4.78 is 34.2. The highest BCUT2D eigenvalue weighted by atomic mass is 79.9. The maximum atomic E-state index is 12.9. The minimum atomic E-state index is -3.89. The van der Waals surface area contributed by atoms with Gasteiger partial charge in [-0.25, -0.2) is 8.42 Å². The normalized spacial score (nSPS) is 11.1. The summed E-state index contributed by atoms with van der Waals surface area (Å²) in [5.74, 6) is 0.0800. The van der Waals surface area contributed by atoms with E-state index in [1.165, 1.54) is 25.3 Å². The lowest BCUT2D eigenvalue weighted by molar-refractivity contribution is 0.102. The highest BCUT2D eigenvalue weighted by Gasteiger charge is 2.18. The Morgan fingerprint density at radius 3 is 2.30 bits per heavy atom. The Kier molecular flexibility index (Phi) is 6.48. The van der Waals surface area contributed by atoms with Crippen molar-refractivity contribution >= 4 is 43.2 Å². The SMILES string of the molecule is COc1ccc(C)cc1NC(=O)c1cccc(S(=O)(=O)Nc2cc(C)ccc2Br)c1. The van der Waals surface area contributed by atoms with Crippen LogP contribution in [0.3, 0.4) is 0 Å². The van der Waals surface area contributed by atoms with Crippen LogP contribution < -0.4 is 14.8 Å². The third-order valence-corrected chi connectivity index (χ3v) is 6.43. The number of halogens is 1. The first-order valence-corrected chi connectivity index (χ1v) is 11.3. The lowest BCUT2D eigenvalue weighted by atomic mass is 10.1. The highest BCUT2D eigenvalue weighted by molar-refractivity contribution is 9.10. The molecular weight excluding hydrogens is 468 g/mol. The van der Waals surface area contributed by atoms with Gasteiger partial charge in [0.25, 0.3) is 15.9 Å². The second-order valence-corrected chi connectivity index (χ2v) is 9.31. The number of benzene rings is 3. The number of carbonyl (C=O) groups is 1. The second kappa shape index (κ2) is 8.89. The Bertz CT molecular complexity index is 1210. The highest BCUT2D eigenvalue weighted by Crippen LogP contribution is 2.28. The van der Waals surface area contributed by atoms with Crippen molar-refractivity contribution in [3.05, 3.63) is 81.8 Å². The van der Waals surface area contributed by atoms with Crippen molar-refractivity contribution in [3.63, 3.8) is 0 Å². The van der Waals surface area contributed by atoms with E-state index < -0.39 is 15.9 Å². The summed E-state index contributed by atoms with van der Waals surface area (Å²) >= 11 is 3.35. The fraction of sp³-hybridized carbons (Fsp3) is 0.136. The molecule has 1 amide bonds. The summed E-state index contributed by atoms with van der Waals surface area (Å²) in [6.07, 6.45) is 0. The molecule has 6 nitrogen and oxygen atoms in total. The fourth-order valence-corrected chi connectivity index (χ4v) is 4.43. The van der Waals surface area contributed by atoms with E-state index in [1.807, 2.05) is 26.0 Å². The van der Waals surface area contributed by atoms with Gasteiger partial charge in [-0.15, -0.1) is 0 Å². The minimum Gasteiger partial charge on any atom is -0.495 e. The van der Waals surface area contributed by atoms with Crippen LogP contribution in [0.25, 0.3) is 0 Å². The zero-order valence-corrected chi connectivity index (χ0v) is 19.1. The van der Waals surface area contributed by atoms with E-state index in [0.717, 1.165) is 11.1 Å². The zero-order valence-electron chi connectivity index (χ0n) is 16.7. The smallest absolute Gasteiger partial charge is 0.261 e. The molecule has 30 heavy (non-hydrogen) atoms. The number of anilines is 2. The molecule has 0 radical (unpaired) electrons. The van der Waals surface area contributed by atoms with Crippen molar-refractivity contribution in [1.82, 2.24) is 0 Å². The van der Waals surface area contributed by atoms with Gasteiger partial charge >= 0.3 is 0 Å². The lowest BCUT2D eigenvalue weighted by Crippen LogP contribution is -2.16. The molecule has 0 saturated heterocycles. The Morgan fingerprint density at radius 1 is 0.933 bits per heavy atom. The summed E-state index contributed by atoms with van der Waals surface area (Å²) in [6.45, 7) is 3.77. The van der Waals surface area contributed by atoms with Crippen molar-refractivity contribution in [2.45, 2.75) is 18.7 Å². The molecule has 0 aliphatic heterocycles. The van der Waals surface area contributed by atoms with E-state index in [4.69, 9.17) is 4.74 Å². The Morgan fingerprint density at radius 2 is 1.60 bits per heavy atom. The molecule has 156 valence electrons. The standard InChI is InChI=1S/C22H21BrN2O4S/c1-14-7-9-18(23)19(11-14)25-30(27,28)17-6-4-5-16(13-17)22(26)24-20-12-15(2)8-10-21(20)29-3/h4-13,25H,1-3H3,(H,24,26). The van der Waals surface area contributed by atoms with Crippen LogP contribution >= 0.6 is 15.9 Å². The first-order valence-electron chi connectivity index (χ1n) is 9.04. The van der Waals surface area contributed by atoms with Gasteiger partial charge < -0.3 is 10.1 Å². The third kappa shape index (κ3) is 5.01. The van der Waals surface area contributed by atoms with Crippen LogP contribution in [-0.2, 0) is 10.0 Å². The van der Waals surface area contributed by atoms with E-state index in [9.17, 15) is 13.2 Å². The fourth-order valence-electron chi connectivity index (χ4n) is 2.84. The third-order valence-electron chi connectivity index (χ3n) is 4.38. The zero-order chi connectivity index (χ0) is 21.9. The van der Waals surface area contributed by atoms with Gasteiger partial charge in [0, 0.05) is 10.0 Å². The van der Waals surface area contributed by atoms with Crippen molar-refractivity contribution < 1.29 is 17.9 Å². The van der Waals surface area contributed by atoms with Gasteiger partial charge in [0.2, 0.25) is 0 Å². The number of methoxy groups -OCH3 is 1. The molecule has 0 saturated carbocycles. The molecule has 0 aliphatic carbocycles. The van der Waals surface area contributed by atoms with E-state index in [2.05, 4.69) is 26.0 Å². The van der Waals surface area contributed by atoms with E-state index in [1.54, 1.807) is 30.3 Å². The average molecular weight is 489 g/mol. The van der Waals surface area contributed by atoms with Crippen molar-refractivity contribution in [3.8, 4) is 5.75 Å². The molecule has 8 heteroatoms. The Labute approximate surface area is 184 Å². The van der Waals surface area contributed by atoms with Gasteiger partial charge in [0.05, 0.1) is 23.4 Å². The molecule has 3 aromatic rings. The summed E-state index contributed by atoms with van der Waals surface area (Å²) in [4.78, 5) is 12.7. The number of aryl methyl sites for hydroxylation is 2. The maximum Gasteiger partial charge on any atom is 0.261 e. The number of nitrogens with one attached hydrogen (secondary N) is 2. The summed E-state index contributed by atoms with van der Waals surface area (Å²) in [5.41, 5.74) is 3.02. The van der Waals surface area contributed by atoms with E-state index >= 15 is 0 Å². The molecule has 0 aromatic heterocycles. The number of ether oxygens (including phenoxy) is 1. The molecule has 3 aromatic carbocycles. The largest absolute Gasteiger partial charge is 0.495 e.